The Morgan fingerprint density at radius 1 is 1.40 bits per heavy atom. The van der Waals surface area contributed by atoms with E-state index in [1.54, 1.807) is 0 Å². The Hall–Kier alpha value is -1.63. The molecule has 0 aliphatic carbocycles. The van der Waals surface area contributed by atoms with Gasteiger partial charge in [-0.1, -0.05) is 0 Å². The highest BCUT2D eigenvalue weighted by molar-refractivity contribution is 5.16. The maximum atomic E-state index is 10.4. The van der Waals surface area contributed by atoms with Crippen molar-refractivity contribution in [2.75, 3.05) is 5.43 Å². The van der Waals surface area contributed by atoms with E-state index in [1.165, 1.54) is 0 Å². The minimum absolute atomic E-state index is 0.0613. The molecule has 0 unspecified atom stereocenters. The van der Waals surface area contributed by atoms with Crippen LogP contribution in [0.4, 0.5) is 5.95 Å². The van der Waals surface area contributed by atoms with Gasteiger partial charge in [0, 0.05) is 0 Å². The van der Waals surface area contributed by atoms with Crippen LogP contribution in [-0.4, -0.2) is 15.0 Å². The van der Waals surface area contributed by atoms with E-state index in [4.69, 9.17) is 5.84 Å². The van der Waals surface area contributed by atoms with Crippen LogP contribution >= 0.6 is 0 Å². The van der Waals surface area contributed by atoms with Crippen molar-refractivity contribution in [2.45, 2.75) is 0 Å². The number of hydrazine groups is 1. The Kier molecular flexibility index (Phi) is 1.50. The zero-order valence-corrected chi connectivity index (χ0v) is 4.84. The predicted molar refractivity (Wildman–Crippen MR) is 33.3 cm³/mol. The molecule has 1 heterocycles. The maximum Gasteiger partial charge on any atom is 0.352 e. The first-order valence-electron chi connectivity index (χ1n) is 2.39. The molecule has 1 rings (SSSR count). The third kappa shape index (κ3) is 1.20. The molecule has 54 valence electrons. The van der Waals surface area contributed by atoms with Crippen LogP contribution in [0.5, 0.6) is 0 Å². The fraction of sp³-hybridized carbons (Fsp3) is 0. The summed E-state index contributed by atoms with van der Waals surface area (Å²) in [7, 11) is 0. The molecular weight excluding hydrogens is 138 g/mol. The second-order valence-corrected chi connectivity index (χ2v) is 1.49. The summed E-state index contributed by atoms with van der Waals surface area (Å²) in [6, 6.07) is 0. The van der Waals surface area contributed by atoms with Gasteiger partial charge in [-0.15, -0.1) is 0 Å². The van der Waals surface area contributed by atoms with Crippen molar-refractivity contribution >= 4 is 5.95 Å². The van der Waals surface area contributed by atoms with Crippen LogP contribution in [-0.2, 0) is 0 Å². The van der Waals surface area contributed by atoms with Crippen LogP contribution in [0.2, 0.25) is 0 Å². The van der Waals surface area contributed by atoms with E-state index in [0.717, 1.165) is 0 Å². The third-order valence-corrected chi connectivity index (χ3v) is 0.802. The highest BCUT2D eigenvalue weighted by Gasteiger charge is 1.91. The predicted octanol–water partition coefficient (Wildman–Crippen LogP) is -2.26. The number of nitrogens with two attached hydrogens (primary N) is 1. The number of nitrogen functional groups attached to an aromatic ring is 1. The molecule has 7 nitrogen and oxygen atoms in total. The Bertz CT molecular complexity index is 296. The smallest absolute Gasteiger partial charge is 0.294 e. The fourth-order valence-corrected chi connectivity index (χ4v) is 0.462. The molecule has 0 atom stereocenters. The molecule has 0 spiro atoms. The van der Waals surface area contributed by atoms with Gasteiger partial charge in [0.2, 0.25) is 5.95 Å². The number of nitrogens with zero attached hydrogens (tertiary/aromatic N) is 1. The molecule has 1 aromatic heterocycles. The average molecular weight is 143 g/mol. The van der Waals surface area contributed by atoms with E-state index in [1.807, 2.05) is 10.4 Å². The number of anilines is 1. The van der Waals surface area contributed by atoms with Gasteiger partial charge in [-0.2, -0.15) is 4.98 Å². The Morgan fingerprint density at radius 2 is 2.10 bits per heavy atom. The van der Waals surface area contributed by atoms with Crippen molar-refractivity contribution in [3.05, 3.63) is 21.0 Å². The summed E-state index contributed by atoms with van der Waals surface area (Å²) in [5.74, 6) is 4.79. The van der Waals surface area contributed by atoms with Crippen LogP contribution in [0.1, 0.15) is 0 Å². The first-order chi connectivity index (χ1) is 4.72. The topological polar surface area (TPSA) is 117 Å². The standard InChI is InChI=1S/C3H5N5O2/c4-8-1-5-2(9)7-3(10)6-1/h4H2,(H3,5,6,7,8,9,10). The summed E-state index contributed by atoms with van der Waals surface area (Å²) in [4.78, 5) is 28.1. The van der Waals surface area contributed by atoms with Crippen molar-refractivity contribution in [2.24, 2.45) is 5.84 Å². The summed E-state index contributed by atoms with van der Waals surface area (Å²) in [6.45, 7) is 0. The molecule has 0 aliphatic rings. The minimum atomic E-state index is -0.739. The Morgan fingerprint density at radius 3 is 2.60 bits per heavy atom. The van der Waals surface area contributed by atoms with Gasteiger partial charge in [0.15, 0.2) is 0 Å². The molecule has 0 amide bonds. The normalized spacial score (nSPS) is 9.30. The minimum Gasteiger partial charge on any atom is -0.294 e. The summed E-state index contributed by atoms with van der Waals surface area (Å²) in [6.07, 6.45) is 0. The van der Waals surface area contributed by atoms with E-state index < -0.39 is 11.4 Å². The molecule has 10 heavy (non-hydrogen) atoms. The van der Waals surface area contributed by atoms with Crippen molar-refractivity contribution in [3.8, 4) is 0 Å². The molecule has 0 fully saturated rings. The number of hydrogen-bond donors (Lipinski definition) is 4. The second-order valence-electron chi connectivity index (χ2n) is 1.49. The Labute approximate surface area is 54.3 Å². The molecule has 1 aromatic rings. The summed E-state index contributed by atoms with van der Waals surface area (Å²) >= 11 is 0. The molecule has 0 bridgehead atoms. The largest absolute Gasteiger partial charge is 0.352 e. The van der Waals surface area contributed by atoms with E-state index in [2.05, 4.69) is 9.97 Å². The van der Waals surface area contributed by atoms with Gasteiger partial charge < -0.3 is 0 Å². The lowest BCUT2D eigenvalue weighted by molar-refractivity contribution is 0.930. The lowest BCUT2D eigenvalue weighted by Crippen LogP contribution is -2.28. The third-order valence-electron chi connectivity index (χ3n) is 0.802. The van der Waals surface area contributed by atoms with Gasteiger partial charge in [-0.05, 0) is 0 Å². The molecule has 0 aromatic carbocycles. The quantitative estimate of drug-likeness (QED) is 0.261. The van der Waals surface area contributed by atoms with Gasteiger partial charge >= 0.3 is 11.4 Å². The highest BCUT2D eigenvalue weighted by atomic mass is 16.2. The molecule has 0 radical (unpaired) electrons. The van der Waals surface area contributed by atoms with E-state index in [0.29, 0.717) is 0 Å². The van der Waals surface area contributed by atoms with Crippen LogP contribution in [0.15, 0.2) is 9.59 Å². The molecule has 5 N–H and O–H groups in total. The zero-order valence-electron chi connectivity index (χ0n) is 4.84. The molecule has 0 saturated carbocycles. The van der Waals surface area contributed by atoms with Crippen LogP contribution in [0.25, 0.3) is 0 Å². The van der Waals surface area contributed by atoms with Crippen molar-refractivity contribution in [1.82, 2.24) is 15.0 Å². The van der Waals surface area contributed by atoms with Crippen LogP contribution < -0.4 is 22.6 Å². The van der Waals surface area contributed by atoms with Gasteiger partial charge in [-0.3, -0.25) is 15.4 Å². The molecule has 7 heteroatoms. The second kappa shape index (κ2) is 2.31. The SMILES string of the molecule is NNc1nc(=O)[nH]c(=O)[nH]1. The number of aromatic nitrogens is 3. The van der Waals surface area contributed by atoms with Gasteiger partial charge in [-0.25, -0.2) is 15.4 Å². The first-order valence-corrected chi connectivity index (χ1v) is 2.39. The zero-order chi connectivity index (χ0) is 7.56. The van der Waals surface area contributed by atoms with Crippen molar-refractivity contribution in [1.29, 1.82) is 0 Å². The van der Waals surface area contributed by atoms with Crippen LogP contribution in [0.3, 0.4) is 0 Å². The lowest BCUT2D eigenvalue weighted by Gasteiger charge is -1.92. The number of rotatable bonds is 1. The number of H-pyrrole nitrogens is 2. The lowest BCUT2D eigenvalue weighted by atomic mass is 10.9. The van der Waals surface area contributed by atoms with Crippen LogP contribution in [0, 0.1) is 0 Å². The number of aromatic amines is 2. The average Bonchev–Trinajstić information content (AvgIpc) is 1.85. The van der Waals surface area contributed by atoms with Crippen molar-refractivity contribution in [3.63, 3.8) is 0 Å². The van der Waals surface area contributed by atoms with Gasteiger partial charge in [0.05, 0.1) is 0 Å². The van der Waals surface area contributed by atoms with Gasteiger partial charge in [0.1, 0.15) is 0 Å². The van der Waals surface area contributed by atoms with E-state index >= 15 is 0 Å². The fourth-order valence-electron chi connectivity index (χ4n) is 0.462. The van der Waals surface area contributed by atoms with E-state index in [-0.39, 0.29) is 5.95 Å². The van der Waals surface area contributed by atoms with Crippen molar-refractivity contribution < 1.29 is 0 Å². The summed E-state index contributed by atoms with van der Waals surface area (Å²) in [5, 5.41) is 0. The summed E-state index contributed by atoms with van der Waals surface area (Å²) in [5.41, 5.74) is 0.637. The molecular formula is C3H5N5O2. The molecule has 0 saturated heterocycles. The first kappa shape index (κ1) is 6.49. The number of hydrogen-bond acceptors (Lipinski definition) is 5. The Balaban J connectivity index is 3.33. The maximum absolute atomic E-state index is 10.4. The monoisotopic (exact) mass is 143 g/mol. The van der Waals surface area contributed by atoms with E-state index in [9.17, 15) is 9.59 Å². The number of nitrogens with one attached hydrogen (secondary N) is 3. The highest BCUT2D eigenvalue weighted by Crippen LogP contribution is 1.77. The molecule has 0 aliphatic heterocycles. The van der Waals surface area contributed by atoms with Gasteiger partial charge in [0.25, 0.3) is 0 Å². The summed E-state index contributed by atoms with van der Waals surface area (Å²) < 4.78 is 0.